The van der Waals surface area contributed by atoms with Gasteiger partial charge in [-0.2, -0.15) is 0 Å². The van der Waals surface area contributed by atoms with Crippen LogP contribution in [0.15, 0.2) is 48.2 Å². The number of ketones is 1. The van der Waals surface area contributed by atoms with Crippen molar-refractivity contribution in [2.75, 3.05) is 13.0 Å². The van der Waals surface area contributed by atoms with Gasteiger partial charge in [-0.1, -0.05) is 12.1 Å². The van der Waals surface area contributed by atoms with Crippen LogP contribution in [0.3, 0.4) is 0 Å². The van der Waals surface area contributed by atoms with E-state index in [1.165, 1.54) is 13.2 Å². The van der Waals surface area contributed by atoms with Crippen LogP contribution in [-0.4, -0.2) is 30.7 Å². The van der Waals surface area contributed by atoms with Gasteiger partial charge in [0.25, 0.3) is 0 Å². The summed E-state index contributed by atoms with van der Waals surface area (Å²) in [6.45, 7) is 0. The smallest absolute Gasteiger partial charge is 0.337 e. The molecular formula is C21H17ClO6. The summed E-state index contributed by atoms with van der Waals surface area (Å²) in [4.78, 5) is 35.7. The van der Waals surface area contributed by atoms with E-state index in [0.717, 1.165) is 0 Å². The number of carbonyl (C=O) groups is 3. The lowest BCUT2D eigenvalue weighted by molar-refractivity contribution is -0.134. The predicted molar refractivity (Wildman–Crippen MR) is 103 cm³/mol. The maximum absolute atomic E-state index is 12.5. The second-order valence-electron chi connectivity index (χ2n) is 5.98. The summed E-state index contributed by atoms with van der Waals surface area (Å²) >= 11 is 5.56. The molecule has 0 amide bonds. The first-order valence-electron chi connectivity index (χ1n) is 8.55. The Labute approximate surface area is 166 Å². The van der Waals surface area contributed by atoms with Gasteiger partial charge in [-0.05, 0) is 42.3 Å². The molecule has 0 bridgehead atoms. The molecule has 0 aromatic heterocycles. The highest BCUT2D eigenvalue weighted by Crippen LogP contribution is 2.35. The van der Waals surface area contributed by atoms with Gasteiger partial charge in [-0.25, -0.2) is 4.79 Å². The van der Waals surface area contributed by atoms with Gasteiger partial charge in [0, 0.05) is 18.4 Å². The molecule has 6 nitrogen and oxygen atoms in total. The molecule has 0 atom stereocenters. The fourth-order valence-electron chi connectivity index (χ4n) is 2.61. The minimum Gasteiger partial charge on any atom is -0.465 e. The van der Waals surface area contributed by atoms with E-state index in [0.29, 0.717) is 40.5 Å². The Bertz CT molecular complexity index is 946. The lowest BCUT2D eigenvalue weighted by Crippen LogP contribution is -2.07. The van der Waals surface area contributed by atoms with E-state index in [1.54, 1.807) is 42.5 Å². The molecule has 0 saturated heterocycles. The third kappa shape index (κ3) is 4.40. The quantitative estimate of drug-likeness (QED) is 0.315. The number of alkyl halides is 1. The Balaban J connectivity index is 1.75. The Morgan fingerprint density at radius 3 is 2.57 bits per heavy atom. The molecule has 1 heterocycles. The molecule has 0 fully saturated rings. The molecule has 3 rings (SSSR count). The normalized spacial score (nSPS) is 13.8. The zero-order valence-electron chi connectivity index (χ0n) is 15.1. The number of rotatable bonds is 6. The van der Waals surface area contributed by atoms with Gasteiger partial charge in [-0.3, -0.25) is 9.59 Å². The van der Waals surface area contributed by atoms with Crippen LogP contribution in [0.1, 0.15) is 39.1 Å². The Morgan fingerprint density at radius 1 is 1.14 bits per heavy atom. The van der Waals surface area contributed by atoms with Crippen molar-refractivity contribution in [1.82, 2.24) is 0 Å². The van der Waals surface area contributed by atoms with Crippen LogP contribution in [0.5, 0.6) is 11.5 Å². The summed E-state index contributed by atoms with van der Waals surface area (Å²) in [6.07, 6.45) is 2.32. The fourth-order valence-corrected chi connectivity index (χ4v) is 2.74. The fraction of sp³-hybridized carbons (Fsp3) is 0.190. The van der Waals surface area contributed by atoms with E-state index in [4.69, 9.17) is 21.1 Å². The van der Waals surface area contributed by atoms with Gasteiger partial charge in [-0.15, -0.1) is 11.6 Å². The topological polar surface area (TPSA) is 78.9 Å². The maximum Gasteiger partial charge on any atom is 0.337 e. The van der Waals surface area contributed by atoms with Crippen molar-refractivity contribution >= 4 is 35.4 Å². The van der Waals surface area contributed by atoms with Gasteiger partial charge < -0.3 is 14.2 Å². The summed E-state index contributed by atoms with van der Waals surface area (Å²) < 4.78 is 15.5. The van der Waals surface area contributed by atoms with Crippen molar-refractivity contribution in [3.05, 3.63) is 64.9 Å². The third-order valence-electron chi connectivity index (χ3n) is 4.02. The summed E-state index contributed by atoms with van der Waals surface area (Å²) in [7, 11) is 1.31. The van der Waals surface area contributed by atoms with E-state index in [9.17, 15) is 14.4 Å². The molecule has 144 valence electrons. The van der Waals surface area contributed by atoms with Crippen molar-refractivity contribution in [1.29, 1.82) is 0 Å². The van der Waals surface area contributed by atoms with Crippen LogP contribution in [0, 0.1) is 0 Å². The standard InChI is InChI=1S/C21H17ClO6/c1-26-21(25)14-6-4-13(5-7-14)11-18-20(24)16-9-8-15(12-17(16)28-18)27-19(23)3-2-10-22/h4-9,11-12H,2-3,10H2,1H3. The molecule has 1 aliphatic rings. The van der Waals surface area contributed by atoms with Gasteiger partial charge in [0.15, 0.2) is 5.76 Å². The number of Topliss-reactive ketones (excluding diaryl/α,β-unsaturated/α-hetero) is 1. The van der Waals surface area contributed by atoms with Crippen LogP contribution in [0.25, 0.3) is 6.08 Å². The van der Waals surface area contributed by atoms with Crippen molar-refractivity contribution in [3.63, 3.8) is 0 Å². The van der Waals surface area contributed by atoms with Crippen molar-refractivity contribution in [3.8, 4) is 11.5 Å². The first-order chi connectivity index (χ1) is 13.5. The molecule has 28 heavy (non-hydrogen) atoms. The number of allylic oxidation sites excluding steroid dienone is 1. The number of hydrogen-bond donors (Lipinski definition) is 0. The molecular weight excluding hydrogens is 384 g/mol. The molecule has 2 aromatic carbocycles. The maximum atomic E-state index is 12.5. The van der Waals surface area contributed by atoms with Gasteiger partial charge in [0.2, 0.25) is 5.78 Å². The number of methoxy groups -OCH3 is 1. The zero-order chi connectivity index (χ0) is 20.1. The number of halogens is 1. The Kier molecular flexibility index (Phi) is 6.11. The summed E-state index contributed by atoms with van der Waals surface area (Å²) in [5.74, 6) is 0.0451. The number of fused-ring (bicyclic) bond motifs is 1. The molecule has 0 radical (unpaired) electrons. The van der Waals surface area contributed by atoms with E-state index >= 15 is 0 Å². The first-order valence-corrected chi connectivity index (χ1v) is 9.08. The van der Waals surface area contributed by atoms with E-state index in [2.05, 4.69) is 4.74 Å². The third-order valence-corrected chi connectivity index (χ3v) is 4.28. The molecule has 7 heteroatoms. The van der Waals surface area contributed by atoms with Gasteiger partial charge in [0.1, 0.15) is 11.5 Å². The predicted octanol–water partition coefficient (Wildman–Crippen LogP) is 4.01. The average Bonchev–Trinajstić information content (AvgIpc) is 3.01. The number of carbonyl (C=O) groups excluding carboxylic acids is 3. The average molecular weight is 401 g/mol. The minimum atomic E-state index is -0.437. The highest BCUT2D eigenvalue weighted by Gasteiger charge is 2.28. The van der Waals surface area contributed by atoms with E-state index in [1.807, 2.05) is 0 Å². The summed E-state index contributed by atoms with van der Waals surface area (Å²) in [6, 6.07) is 11.2. The molecule has 2 aromatic rings. The molecule has 0 N–H and O–H groups in total. The van der Waals surface area contributed by atoms with Crippen molar-refractivity contribution in [2.45, 2.75) is 12.8 Å². The zero-order valence-corrected chi connectivity index (χ0v) is 15.8. The van der Waals surface area contributed by atoms with Crippen LogP contribution in [0.2, 0.25) is 0 Å². The lowest BCUT2D eigenvalue weighted by atomic mass is 10.1. The molecule has 0 saturated carbocycles. The van der Waals surface area contributed by atoms with Crippen molar-refractivity contribution < 1.29 is 28.6 Å². The second-order valence-corrected chi connectivity index (χ2v) is 6.36. The monoisotopic (exact) mass is 400 g/mol. The number of esters is 2. The van der Waals surface area contributed by atoms with Crippen LogP contribution >= 0.6 is 11.6 Å². The number of ether oxygens (including phenoxy) is 3. The Morgan fingerprint density at radius 2 is 1.89 bits per heavy atom. The highest BCUT2D eigenvalue weighted by molar-refractivity contribution is 6.18. The van der Waals surface area contributed by atoms with E-state index < -0.39 is 11.9 Å². The van der Waals surface area contributed by atoms with Crippen LogP contribution < -0.4 is 9.47 Å². The highest BCUT2D eigenvalue weighted by atomic mass is 35.5. The first kappa shape index (κ1) is 19.6. The summed E-state index contributed by atoms with van der Waals surface area (Å²) in [5.41, 5.74) is 1.49. The largest absolute Gasteiger partial charge is 0.465 e. The molecule has 0 spiro atoms. The summed E-state index contributed by atoms with van der Waals surface area (Å²) in [5, 5.41) is 0. The van der Waals surface area contributed by atoms with Crippen LogP contribution in [0.4, 0.5) is 0 Å². The Hall–Kier alpha value is -3.12. The van der Waals surface area contributed by atoms with Crippen molar-refractivity contribution in [2.24, 2.45) is 0 Å². The van der Waals surface area contributed by atoms with Crippen LogP contribution in [-0.2, 0) is 9.53 Å². The van der Waals surface area contributed by atoms with E-state index in [-0.39, 0.29) is 18.0 Å². The minimum absolute atomic E-state index is 0.145. The lowest BCUT2D eigenvalue weighted by Gasteiger charge is -2.05. The molecule has 0 aliphatic carbocycles. The number of hydrogen-bond acceptors (Lipinski definition) is 6. The SMILES string of the molecule is COC(=O)c1ccc(C=C2Oc3cc(OC(=O)CCCCl)ccc3C2=O)cc1. The van der Waals surface area contributed by atoms with Gasteiger partial charge in [0.05, 0.1) is 18.2 Å². The van der Waals surface area contributed by atoms with Gasteiger partial charge >= 0.3 is 11.9 Å². The second kappa shape index (κ2) is 8.71. The number of benzene rings is 2. The molecule has 1 aliphatic heterocycles. The molecule has 0 unspecified atom stereocenters.